The van der Waals surface area contributed by atoms with Gasteiger partial charge in [-0.15, -0.1) is 0 Å². The number of carbonyl (C=O) groups excluding carboxylic acids is 2. The Balaban J connectivity index is 2.03. The minimum atomic E-state index is -0.746. The van der Waals surface area contributed by atoms with Crippen LogP contribution in [0.15, 0.2) is 58.5 Å². The van der Waals surface area contributed by atoms with E-state index in [0.717, 1.165) is 0 Å². The van der Waals surface area contributed by atoms with Crippen molar-refractivity contribution in [3.8, 4) is 0 Å². The van der Waals surface area contributed by atoms with Crippen LogP contribution in [0.2, 0.25) is 0 Å². The molecule has 0 radical (unpaired) electrons. The Morgan fingerprint density at radius 1 is 1.33 bits per heavy atom. The first-order valence-corrected chi connectivity index (χ1v) is 7.72. The molecule has 124 valence electrons. The molecular formula is C18H18N2O4. The highest BCUT2D eigenvalue weighted by Crippen LogP contribution is 2.39. The molecule has 0 spiro atoms. The van der Waals surface area contributed by atoms with Gasteiger partial charge >= 0.3 is 0 Å². The Morgan fingerprint density at radius 3 is 2.71 bits per heavy atom. The number of carbonyl (C=O) groups is 2. The summed E-state index contributed by atoms with van der Waals surface area (Å²) in [4.78, 5) is 30.7. The molecule has 1 atom stereocenters. The van der Waals surface area contributed by atoms with Crippen LogP contribution in [0.25, 0.3) is 0 Å². The normalized spacial score (nSPS) is 17.9. The molecule has 2 aromatic rings. The topological polar surface area (TPSA) is 83.6 Å². The molecule has 0 saturated heterocycles. The first-order valence-electron chi connectivity index (χ1n) is 7.72. The van der Waals surface area contributed by atoms with Crippen LogP contribution in [-0.4, -0.2) is 26.7 Å². The minimum absolute atomic E-state index is 0.0841. The maximum atomic E-state index is 12.6. The molecule has 6 heteroatoms. The van der Waals surface area contributed by atoms with Crippen molar-refractivity contribution < 1.29 is 19.1 Å². The van der Waals surface area contributed by atoms with Gasteiger partial charge in [-0.3, -0.25) is 14.6 Å². The van der Waals surface area contributed by atoms with Gasteiger partial charge in [-0.25, -0.2) is 0 Å². The zero-order chi connectivity index (χ0) is 17.3. The number of ketones is 1. The lowest BCUT2D eigenvalue weighted by Gasteiger charge is -2.24. The molecule has 1 N–H and O–H groups in total. The fraction of sp³-hybridized carbons (Fsp3) is 0.278. The molecule has 3 rings (SSSR count). The van der Waals surface area contributed by atoms with Crippen LogP contribution < -0.4 is 0 Å². The zero-order valence-corrected chi connectivity index (χ0v) is 13.5. The van der Waals surface area contributed by atoms with Crippen LogP contribution in [0.1, 0.15) is 31.3 Å². The standard InChI is InChI=1S/C18H18N2O4/c1-11(2)16(21)14-15(13-7-5-9-24-13)20(18(23)17(14)22)10-12-6-3-4-8-19-12/h3-9,11,15,22H,10H2,1-2H3. The quantitative estimate of drug-likeness (QED) is 0.913. The van der Waals surface area contributed by atoms with Crippen molar-refractivity contribution in [1.82, 2.24) is 9.88 Å². The van der Waals surface area contributed by atoms with Crippen molar-refractivity contribution in [3.05, 3.63) is 65.6 Å². The van der Waals surface area contributed by atoms with Gasteiger partial charge in [-0.2, -0.15) is 0 Å². The average Bonchev–Trinajstić information content (AvgIpc) is 3.18. The van der Waals surface area contributed by atoms with Crippen molar-refractivity contribution in [1.29, 1.82) is 0 Å². The number of amides is 1. The van der Waals surface area contributed by atoms with Crippen molar-refractivity contribution >= 4 is 11.7 Å². The molecule has 2 aromatic heterocycles. The molecule has 0 saturated carbocycles. The van der Waals surface area contributed by atoms with Gasteiger partial charge in [0.1, 0.15) is 11.8 Å². The summed E-state index contributed by atoms with van der Waals surface area (Å²) >= 11 is 0. The summed E-state index contributed by atoms with van der Waals surface area (Å²) in [5.74, 6) is -1.28. The summed E-state index contributed by atoms with van der Waals surface area (Å²) in [6, 6.07) is 8.01. The number of hydrogen-bond donors (Lipinski definition) is 1. The largest absolute Gasteiger partial charge is 0.503 e. The highest BCUT2D eigenvalue weighted by atomic mass is 16.3. The van der Waals surface area contributed by atoms with Crippen molar-refractivity contribution in [2.24, 2.45) is 5.92 Å². The maximum absolute atomic E-state index is 12.6. The summed E-state index contributed by atoms with van der Waals surface area (Å²) in [6.45, 7) is 3.63. The summed E-state index contributed by atoms with van der Waals surface area (Å²) in [5.41, 5.74) is 0.745. The van der Waals surface area contributed by atoms with Gasteiger partial charge in [0.25, 0.3) is 5.91 Å². The third-order valence-corrected chi connectivity index (χ3v) is 3.96. The minimum Gasteiger partial charge on any atom is -0.503 e. The number of aromatic nitrogens is 1. The second-order valence-corrected chi connectivity index (χ2v) is 5.95. The highest BCUT2D eigenvalue weighted by Gasteiger charge is 2.45. The summed E-state index contributed by atoms with van der Waals surface area (Å²) in [7, 11) is 0. The molecule has 1 unspecified atom stereocenters. The number of rotatable bonds is 5. The van der Waals surface area contributed by atoms with Gasteiger partial charge in [0.05, 0.1) is 24.1 Å². The number of pyridine rings is 1. The van der Waals surface area contributed by atoms with Crippen molar-refractivity contribution in [2.45, 2.75) is 26.4 Å². The number of aliphatic hydroxyl groups is 1. The molecular weight excluding hydrogens is 308 g/mol. The zero-order valence-electron chi connectivity index (χ0n) is 13.5. The molecule has 1 amide bonds. The van der Waals surface area contributed by atoms with E-state index < -0.39 is 17.7 Å². The van der Waals surface area contributed by atoms with Gasteiger partial charge in [0, 0.05) is 12.1 Å². The fourth-order valence-electron chi connectivity index (χ4n) is 2.79. The smallest absolute Gasteiger partial charge is 0.290 e. The second-order valence-electron chi connectivity index (χ2n) is 5.95. The lowest BCUT2D eigenvalue weighted by molar-refractivity contribution is -0.130. The molecule has 0 aromatic carbocycles. The lowest BCUT2D eigenvalue weighted by Crippen LogP contribution is -2.31. The molecule has 1 aliphatic rings. The molecule has 0 fully saturated rings. The average molecular weight is 326 g/mol. The highest BCUT2D eigenvalue weighted by molar-refractivity contribution is 6.09. The molecule has 1 aliphatic heterocycles. The van der Waals surface area contributed by atoms with Crippen LogP contribution in [0, 0.1) is 5.92 Å². The van der Waals surface area contributed by atoms with Crippen LogP contribution in [0.3, 0.4) is 0 Å². The molecule has 0 bridgehead atoms. The van der Waals surface area contributed by atoms with Crippen LogP contribution in [-0.2, 0) is 16.1 Å². The molecule has 3 heterocycles. The van der Waals surface area contributed by atoms with E-state index in [0.29, 0.717) is 11.5 Å². The Hall–Kier alpha value is -2.89. The first kappa shape index (κ1) is 16.0. The van der Waals surface area contributed by atoms with Crippen molar-refractivity contribution in [2.75, 3.05) is 0 Å². The fourth-order valence-corrected chi connectivity index (χ4v) is 2.79. The number of furan rings is 1. The van der Waals surface area contributed by atoms with Crippen LogP contribution >= 0.6 is 0 Å². The van der Waals surface area contributed by atoms with Crippen LogP contribution in [0.5, 0.6) is 0 Å². The van der Waals surface area contributed by atoms with Crippen LogP contribution in [0.4, 0.5) is 0 Å². The molecule has 6 nitrogen and oxygen atoms in total. The second kappa shape index (κ2) is 6.31. The van der Waals surface area contributed by atoms with E-state index in [1.54, 1.807) is 44.3 Å². The third kappa shape index (κ3) is 2.71. The number of hydrogen-bond acceptors (Lipinski definition) is 5. The number of aliphatic hydroxyl groups excluding tert-OH is 1. The Kier molecular flexibility index (Phi) is 4.20. The predicted molar refractivity (Wildman–Crippen MR) is 85.7 cm³/mol. The Labute approximate surface area is 139 Å². The predicted octanol–water partition coefficient (Wildman–Crippen LogP) is 2.80. The van der Waals surface area contributed by atoms with Gasteiger partial charge in [0.2, 0.25) is 0 Å². The SMILES string of the molecule is CC(C)C(=O)C1=C(O)C(=O)N(Cc2ccccn2)C1c1ccco1. The van der Waals surface area contributed by atoms with Gasteiger partial charge in [-0.1, -0.05) is 19.9 Å². The van der Waals surface area contributed by atoms with Gasteiger partial charge in [-0.05, 0) is 24.3 Å². The third-order valence-electron chi connectivity index (χ3n) is 3.96. The lowest BCUT2D eigenvalue weighted by atomic mass is 9.94. The van der Waals surface area contributed by atoms with Crippen molar-refractivity contribution in [3.63, 3.8) is 0 Å². The van der Waals surface area contributed by atoms with Gasteiger partial charge < -0.3 is 14.4 Å². The summed E-state index contributed by atoms with van der Waals surface area (Å²) < 4.78 is 5.43. The summed E-state index contributed by atoms with van der Waals surface area (Å²) in [6.07, 6.45) is 3.11. The molecule has 0 aliphatic carbocycles. The van der Waals surface area contributed by atoms with E-state index in [1.807, 2.05) is 6.07 Å². The van der Waals surface area contributed by atoms with E-state index in [2.05, 4.69) is 4.98 Å². The number of nitrogens with zero attached hydrogens (tertiary/aromatic N) is 2. The number of Topliss-reactive ketones (excluding diaryl/α,β-unsaturated/α-hetero) is 1. The Bertz CT molecular complexity index is 779. The van der Waals surface area contributed by atoms with E-state index in [1.165, 1.54) is 11.2 Å². The van der Waals surface area contributed by atoms with E-state index in [-0.39, 0.29) is 23.8 Å². The van der Waals surface area contributed by atoms with E-state index in [4.69, 9.17) is 4.42 Å². The molecule has 24 heavy (non-hydrogen) atoms. The Morgan fingerprint density at radius 2 is 2.12 bits per heavy atom. The monoisotopic (exact) mass is 326 g/mol. The van der Waals surface area contributed by atoms with E-state index in [9.17, 15) is 14.7 Å². The maximum Gasteiger partial charge on any atom is 0.290 e. The van der Waals surface area contributed by atoms with Gasteiger partial charge in [0.15, 0.2) is 11.5 Å². The van der Waals surface area contributed by atoms with E-state index >= 15 is 0 Å². The summed E-state index contributed by atoms with van der Waals surface area (Å²) in [5, 5.41) is 10.3. The first-order chi connectivity index (χ1) is 11.5.